The number of morpholine rings is 1. The minimum absolute atomic E-state index is 0.213. The molecule has 27 heavy (non-hydrogen) atoms. The number of benzene rings is 1. The fourth-order valence-corrected chi connectivity index (χ4v) is 3.30. The fraction of sp³-hybridized carbons (Fsp3) is 0.429. The number of nitrogens with one attached hydrogen (secondary N) is 1. The minimum Gasteiger partial charge on any atom is -0.379 e. The van der Waals surface area contributed by atoms with Crippen molar-refractivity contribution >= 4 is 5.96 Å². The van der Waals surface area contributed by atoms with Crippen LogP contribution < -0.4 is 11.1 Å². The van der Waals surface area contributed by atoms with Gasteiger partial charge in [-0.1, -0.05) is 35.9 Å². The van der Waals surface area contributed by atoms with Crippen molar-refractivity contribution in [1.29, 1.82) is 0 Å². The lowest BCUT2D eigenvalue weighted by Crippen LogP contribution is -2.41. The Bertz CT molecular complexity index is 728. The zero-order chi connectivity index (χ0) is 18.9. The zero-order valence-corrected chi connectivity index (χ0v) is 16.0. The molecule has 1 aliphatic heterocycles. The molecule has 1 aliphatic rings. The van der Waals surface area contributed by atoms with Crippen molar-refractivity contribution in [3.63, 3.8) is 0 Å². The van der Waals surface area contributed by atoms with Gasteiger partial charge >= 0.3 is 0 Å². The van der Waals surface area contributed by atoms with Gasteiger partial charge in [-0.15, -0.1) is 0 Å². The van der Waals surface area contributed by atoms with E-state index in [0.29, 0.717) is 12.5 Å². The maximum atomic E-state index is 6.10. The molecule has 1 fully saturated rings. The first-order chi connectivity index (χ1) is 13.2. The molecule has 0 radical (unpaired) electrons. The first-order valence-corrected chi connectivity index (χ1v) is 9.54. The van der Waals surface area contributed by atoms with Crippen LogP contribution in [-0.4, -0.2) is 55.2 Å². The molecule has 1 atom stereocenters. The lowest BCUT2D eigenvalue weighted by Gasteiger charge is -2.34. The van der Waals surface area contributed by atoms with Crippen molar-refractivity contribution in [2.75, 3.05) is 39.4 Å². The standard InChI is InChI=1S/C21H29N5O/c1-17-5-4-6-18(15-17)20(26-11-13-27-14-12-26)16-25-21(22)24-10-8-19-7-2-3-9-23-19/h2-7,9,15,20H,8,10-14,16H2,1H3,(H3,22,24,25). The summed E-state index contributed by atoms with van der Waals surface area (Å²) in [5.41, 5.74) is 9.68. The van der Waals surface area contributed by atoms with E-state index in [2.05, 4.69) is 51.4 Å². The number of hydrogen-bond donors (Lipinski definition) is 2. The number of rotatable bonds is 7. The van der Waals surface area contributed by atoms with Crippen molar-refractivity contribution < 1.29 is 4.74 Å². The summed E-state index contributed by atoms with van der Waals surface area (Å²) in [4.78, 5) is 11.4. The monoisotopic (exact) mass is 367 g/mol. The molecular formula is C21H29N5O. The minimum atomic E-state index is 0.213. The van der Waals surface area contributed by atoms with Crippen molar-refractivity contribution in [1.82, 2.24) is 15.2 Å². The van der Waals surface area contributed by atoms with Gasteiger partial charge in [0.05, 0.1) is 25.8 Å². The molecule has 0 amide bonds. The second kappa shape index (κ2) is 10.0. The summed E-state index contributed by atoms with van der Waals surface area (Å²) >= 11 is 0. The third-order valence-corrected chi connectivity index (χ3v) is 4.76. The van der Waals surface area contributed by atoms with E-state index >= 15 is 0 Å². The number of ether oxygens (including phenoxy) is 1. The van der Waals surface area contributed by atoms with Crippen molar-refractivity contribution in [3.8, 4) is 0 Å². The lowest BCUT2D eigenvalue weighted by atomic mass is 10.0. The molecule has 1 unspecified atom stereocenters. The van der Waals surface area contributed by atoms with E-state index in [4.69, 9.17) is 10.5 Å². The van der Waals surface area contributed by atoms with E-state index in [9.17, 15) is 0 Å². The molecule has 2 aromatic rings. The summed E-state index contributed by atoms with van der Waals surface area (Å²) in [6, 6.07) is 14.8. The SMILES string of the molecule is Cc1cccc(C(CN=C(N)NCCc2ccccn2)N2CCOCC2)c1. The summed E-state index contributed by atoms with van der Waals surface area (Å²) in [5, 5.41) is 3.20. The summed E-state index contributed by atoms with van der Waals surface area (Å²) in [7, 11) is 0. The average molecular weight is 367 g/mol. The first-order valence-electron chi connectivity index (χ1n) is 9.54. The fourth-order valence-electron chi connectivity index (χ4n) is 3.30. The smallest absolute Gasteiger partial charge is 0.188 e. The molecule has 0 saturated carbocycles. The number of nitrogens with zero attached hydrogens (tertiary/aromatic N) is 3. The van der Waals surface area contributed by atoms with Gasteiger partial charge < -0.3 is 15.8 Å². The Morgan fingerprint density at radius 2 is 2.11 bits per heavy atom. The second-order valence-electron chi connectivity index (χ2n) is 6.80. The van der Waals surface area contributed by atoms with Gasteiger partial charge in [0.2, 0.25) is 0 Å². The zero-order valence-electron chi connectivity index (χ0n) is 16.0. The Morgan fingerprint density at radius 3 is 2.85 bits per heavy atom. The number of pyridine rings is 1. The molecule has 3 N–H and O–H groups in total. The summed E-state index contributed by atoms with van der Waals surface area (Å²) < 4.78 is 5.51. The van der Waals surface area contributed by atoms with E-state index in [-0.39, 0.29) is 6.04 Å². The molecule has 6 heteroatoms. The second-order valence-corrected chi connectivity index (χ2v) is 6.80. The molecule has 1 aromatic carbocycles. The molecule has 3 rings (SSSR count). The Labute approximate surface area is 161 Å². The van der Waals surface area contributed by atoms with Crippen molar-refractivity contribution in [3.05, 3.63) is 65.5 Å². The average Bonchev–Trinajstić information content (AvgIpc) is 2.70. The number of nitrogens with two attached hydrogens (primary N) is 1. The van der Waals surface area contributed by atoms with Gasteiger partial charge in [-0.05, 0) is 24.6 Å². The summed E-state index contributed by atoms with van der Waals surface area (Å²) in [5.74, 6) is 0.483. The number of aliphatic imine (C=N–C) groups is 1. The van der Waals surface area contributed by atoms with Crippen molar-refractivity contribution in [2.24, 2.45) is 10.7 Å². The molecular weight excluding hydrogens is 338 g/mol. The van der Waals surface area contributed by atoms with Crippen LogP contribution >= 0.6 is 0 Å². The largest absolute Gasteiger partial charge is 0.379 e. The Balaban J connectivity index is 1.59. The highest BCUT2D eigenvalue weighted by atomic mass is 16.5. The van der Waals surface area contributed by atoms with Crippen LogP contribution in [0.3, 0.4) is 0 Å². The Kier molecular flexibility index (Phi) is 7.19. The summed E-state index contributed by atoms with van der Waals surface area (Å²) in [6.07, 6.45) is 2.63. The number of hydrogen-bond acceptors (Lipinski definition) is 4. The molecule has 6 nitrogen and oxygen atoms in total. The van der Waals surface area contributed by atoms with Crippen LogP contribution in [0.4, 0.5) is 0 Å². The number of guanidine groups is 1. The molecule has 144 valence electrons. The molecule has 0 spiro atoms. The van der Waals surface area contributed by atoms with Gasteiger partial charge in [-0.2, -0.15) is 0 Å². The number of aryl methyl sites for hydroxylation is 1. The van der Waals surface area contributed by atoms with E-state index in [1.807, 2.05) is 24.4 Å². The van der Waals surface area contributed by atoms with Gasteiger partial charge in [-0.25, -0.2) is 0 Å². The normalized spacial score (nSPS) is 16.9. The molecule has 0 aliphatic carbocycles. The Hall–Kier alpha value is -2.44. The van der Waals surface area contributed by atoms with Gasteiger partial charge in [0.15, 0.2) is 5.96 Å². The highest BCUT2D eigenvalue weighted by molar-refractivity contribution is 5.77. The third kappa shape index (κ3) is 6.05. The topological polar surface area (TPSA) is 75.8 Å². The van der Waals surface area contributed by atoms with E-state index in [1.165, 1.54) is 11.1 Å². The molecule has 2 heterocycles. The van der Waals surface area contributed by atoms with Crippen molar-refractivity contribution in [2.45, 2.75) is 19.4 Å². The predicted molar refractivity (Wildman–Crippen MR) is 109 cm³/mol. The maximum Gasteiger partial charge on any atom is 0.188 e. The van der Waals surface area contributed by atoms with Gasteiger partial charge in [-0.3, -0.25) is 14.9 Å². The Morgan fingerprint density at radius 1 is 1.26 bits per heavy atom. The molecule has 0 bridgehead atoms. The van der Waals surface area contributed by atoms with Gasteiger partial charge in [0, 0.05) is 37.9 Å². The summed E-state index contributed by atoms with van der Waals surface area (Å²) in [6.45, 7) is 6.84. The van der Waals surface area contributed by atoms with Crippen LogP contribution in [0.2, 0.25) is 0 Å². The lowest BCUT2D eigenvalue weighted by molar-refractivity contribution is 0.0180. The molecule has 1 saturated heterocycles. The predicted octanol–water partition coefficient (Wildman–Crippen LogP) is 1.91. The van der Waals surface area contributed by atoms with Crippen LogP contribution in [0.15, 0.2) is 53.7 Å². The van der Waals surface area contributed by atoms with E-state index < -0.39 is 0 Å². The van der Waals surface area contributed by atoms with E-state index in [0.717, 1.165) is 45.0 Å². The highest BCUT2D eigenvalue weighted by Gasteiger charge is 2.22. The van der Waals surface area contributed by atoms with Gasteiger partial charge in [0.25, 0.3) is 0 Å². The van der Waals surface area contributed by atoms with Gasteiger partial charge in [0.1, 0.15) is 0 Å². The third-order valence-electron chi connectivity index (χ3n) is 4.76. The quantitative estimate of drug-likeness (QED) is 0.578. The number of aromatic nitrogens is 1. The van der Waals surface area contributed by atoms with Crippen LogP contribution in [-0.2, 0) is 11.2 Å². The first kappa shape index (κ1) is 19.3. The van der Waals surface area contributed by atoms with Crippen LogP contribution in [0.5, 0.6) is 0 Å². The van der Waals surface area contributed by atoms with Crippen LogP contribution in [0.25, 0.3) is 0 Å². The maximum absolute atomic E-state index is 6.10. The highest BCUT2D eigenvalue weighted by Crippen LogP contribution is 2.23. The van der Waals surface area contributed by atoms with E-state index in [1.54, 1.807) is 0 Å². The van der Waals surface area contributed by atoms with Crippen LogP contribution in [0.1, 0.15) is 22.9 Å². The van der Waals surface area contributed by atoms with Crippen LogP contribution in [0, 0.1) is 6.92 Å². The molecule has 1 aromatic heterocycles.